The summed E-state index contributed by atoms with van der Waals surface area (Å²) in [6, 6.07) is 17.5. The zero-order valence-electron chi connectivity index (χ0n) is 24.7. The molecule has 4 aromatic rings. The number of halogens is 1. The maximum absolute atomic E-state index is 14.1. The van der Waals surface area contributed by atoms with Crippen LogP contribution in [0.3, 0.4) is 0 Å². The summed E-state index contributed by atoms with van der Waals surface area (Å²) in [4.78, 5) is 37.6. The van der Waals surface area contributed by atoms with Crippen LogP contribution in [0.2, 0.25) is 0 Å². The Kier molecular flexibility index (Phi) is 8.15. The molecule has 0 aliphatic carbocycles. The Balaban J connectivity index is 1.50. The molecule has 5 rings (SSSR count). The number of hydrogen-bond acceptors (Lipinski definition) is 6. The quantitative estimate of drug-likeness (QED) is 0.296. The second-order valence-electron chi connectivity index (χ2n) is 11.6. The fourth-order valence-corrected chi connectivity index (χ4v) is 5.40. The number of nitrogens with one attached hydrogen (secondary N) is 1. The third kappa shape index (κ3) is 6.22. The first-order valence-electron chi connectivity index (χ1n) is 14.2. The van der Waals surface area contributed by atoms with Gasteiger partial charge in [0.2, 0.25) is 5.95 Å². The molecule has 220 valence electrons. The van der Waals surface area contributed by atoms with E-state index in [4.69, 9.17) is 9.72 Å². The Hall–Kier alpha value is -4.47. The first-order chi connectivity index (χ1) is 20.0. The lowest BCUT2D eigenvalue weighted by molar-refractivity contribution is 0.0180. The number of carbonyl (C=O) groups excluding carboxylic acids is 1. The smallest absolute Gasteiger partial charge is 0.410 e. The van der Waals surface area contributed by atoms with Crippen molar-refractivity contribution in [2.45, 2.75) is 58.2 Å². The maximum atomic E-state index is 14.1. The minimum Gasteiger partial charge on any atom is -0.444 e. The molecule has 0 saturated carbocycles. The molecule has 1 fully saturated rings. The third-order valence-corrected chi connectivity index (χ3v) is 7.44. The zero-order valence-corrected chi connectivity index (χ0v) is 24.7. The predicted octanol–water partition coefficient (Wildman–Crippen LogP) is 6.20. The van der Waals surface area contributed by atoms with Gasteiger partial charge in [-0.05, 0) is 69.9 Å². The van der Waals surface area contributed by atoms with E-state index in [0.29, 0.717) is 54.4 Å². The Bertz CT molecular complexity index is 1600. The van der Waals surface area contributed by atoms with Gasteiger partial charge in [-0.1, -0.05) is 42.5 Å². The van der Waals surface area contributed by atoms with Gasteiger partial charge >= 0.3 is 6.09 Å². The minimum absolute atomic E-state index is 0.0402. The second kappa shape index (κ2) is 11.8. The molecule has 1 amide bonds. The SMILES string of the molecule is C[C@H](Nc1nccc(-c2c(-c3ccc(F)cc3)c(=O)n(C3CCN(C(=O)OC(C)(C)C)CC3)n2C)n1)c1ccccc1. The summed E-state index contributed by atoms with van der Waals surface area (Å²) in [6.07, 6.45) is 2.49. The van der Waals surface area contributed by atoms with Gasteiger partial charge in [-0.2, -0.15) is 0 Å². The van der Waals surface area contributed by atoms with E-state index in [0.717, 1.165) is 5.56 Å². The van der Waals surface area contributed by atoms with Crippen LogP contribution in [-0.2, 0) is 11.8 Å². The minimum atomic E-state index is -0.577. The maximum Gasteiger partial charge on any atom is 0.410 e. The topological polar surface area (TPSA) is 94.3 Å². The molecule has 1 aliphatic heterocycles. The Morgan fingerprint density at radius 3 is 2.36 bits per heavy atom. The van der Waals surface area contributed by atoms with Crippen molar-refractivity contribution in [1.29, 1.82) is 0 Å². The third-order valence-electron chi connectivity index (χ3n) is 7.44. The van der Waals surface area contributed by atoms with Crippen molar-refractivity contribution < 1.29 is 13.9 Å². The Morgan fingerprint density at radius 2 is 1.71 bits per heavy atom. The molecule has 2 aromatic heterocycles. The lowest BCUT2D eigenvalue weighted by Crippen LogP contribution is -2.43. The number of piperidine rings is 1. The number of carbonyl (C=O) groups is 1. The monoisotopic (exact) mass is 572 g/mol. The van der Waals surface area contributed by atoms with Crippen molar-refractivity contribution in [3.63, 3.8) is 0 Å². The van der Waals surface area contributed by atoms with E-state index in [-0.39, 0.29) is 29.6 Å². The summed E-state index contributed by atoms with van der Waals surface area (Å²) >= 11 is 0. The number of aromatic nitrogens is 4. The molecule has 1 saturated heterocycles. The molecule has 0 unspecified atom stereocenters. The van der Waals surface area contributed by atoms with Gasteiger partial charge in [-0.3, -0.25) is 9.48 Å². The molecule has 3 heterocycles. The average Bonchev–Trinajstić information content (AvgIpc) is 3.22. The van der Waals surface area contributed by atoms with E-state index in [2.05, 4.69) is 10.3 Å². The summed E-state index contributed by atoms with van der Waals surface area (Å²) in [5, 5.41) is 3.36. The standard InChI is InChI=1S/C32H37FN6O3/c1-21(22-9-7-6-8-10-22)35-30-34-18-15-26(36-30)28-27(23-11-13-24(33)14-12-23)29(40)39(37(28)5)25-16-19-38(20-17-25)31(41)42-32(2,3)4/h6-15,18,21,25H,16-17,19-20H2,1-5H3,(H,34,35,36)/t21-/m0/s1. The lowest BCUT2D eigenvalue weighted by Gasteiger charge is -2.34. The van der Waals surface area contributed by atoms with Gasteiger partial charge in [0, 0.05) is 26.3 Å². The van der Waals surface area contributed by atoms with Gasteiger partial charge in [-0.25, -0.2) is 23.8 Å². The zero-order chi connectivity index (χ0) is 30.0. The van der Waals surface area contributed by atoms with Crippen molar-refractivity contribution in [2.75, 3.05) is 18.4 Å². The summed E-state index contributed by atoms with van der Waals surface area (Å²) in [7, 11) is 1.84. The van der Waals surface area contributed by atoms with Gasteiger partial charge in [0.25, 0.3) is 5.56 Å². The fraction of sp³-hybridized carbons (Fsp3) is 0.375. The molecule has 1 aliphatic rings. The molecule has 42 heavy (non-hydrogen) atoms. The number of amides is 1. The van der Waals surface area contributed by atoms with Crippen LogP contribution in [0.15, 0.2) is 71.7 Å². The number of likely N-dealkylation sites (tertiary alicyclic amines) is 1. The van der Waals surface area contributed by atoms with Gasteiger partial charge in [0.05, 0.1) is 29.0 Å². The molecule has 10 heteroatoms. The molecule has 9 nitrogen and oxygen atoms in total. The van der Waals surface area contributed by atoms with Crippen LogP contribution in [0.4, 0.5) is 15.1 Å². The van der Waals surface area contributed by atoms with Crippen LogP contribution in [0.1, 0.15) is 58.2 Å². The van der Waals surface area contributed by atoms with Crippen LogP contribution in [0, 0.1) is 5.82 Å². The van der Waals surface area contributed by atoms with Crippen molar-refractivity contribution in [3.05, 3.63) is 88.6 Å². The fourth-order valence-electron chi connectivity index (χ4n) is 5.40. The van der Waals surface area contributed by atoms with E-state index in [1.807, 2.05) is 69.8 Å². The number of benzene rings is 2. The number of nitrogens with zero attached hydrogens (tertiary/aromatic N) is 5. The van der Waals surface area contributed by atoms with E-state index in [9.17, 15) is 14.0 Å². The molecule has 2 aromatic carbocycles. The van der Waals surface area contributed by atoms with E-state index >= 15 is 0 Å². The van der Waals surface area contributed by atoms with Crippen molar-refractivity contribution in [1.82, 2.24) is 24.2 Å². The van der Waals surface area contributed by atoms with Crippen molar-refractivity contribution in [3.8, 4) is 22.5 Å². The molecule has 1 atom stereocenters. The number of anilines is 1. The normalized spacial score (nSPS) is 15.0. The van der Waals surface area contributed by atoms with Gasteiger partial charge in [0.15, 0.2) is 0 Å². The van der Waals surface area contributed by atoms with Crippen LogP contribution >= 0.6 is 0 Å². The highest BCUT2D eigenvalue weighted by atomic mass is 19.1. The molecule has 0 spiro atoms. The largest absolute Gasteiger partial charge is 0.444 e. The summed E-state index contributed by atoms with van der Waals surface area (Å²) in [5.41, 5.74) is 2.54. The highest BCUT2D eigenvalue weighted by molar-refractivity contribution is 5.79. The van der Waals surface area contributed by atoms with E-state index in [1.54, 1.807) is 34.0 Å². The first-order valence-corrected chi connectivity index (χ1v) is 14.2. The second-order valence-corrected chi connectivity index (χ2v) is 11.6. The van der Waals surface area contributed by atoms with Crippen molar-refractivity contribution in [2.24, 2.45) is 7.05 Å². The number of hydrogen-bond donors (Lipinski definition) is 1. The van der Waals surface area contributed by atoms with Gasteiger partial charge in [0.1, 0.15) is 11.4 Å². The average molecular weight is 573 g/mol. The predicted molar refractivity (Wildman–Crippen MR) is 161 cm³/mol. The van der Waals surface area contributed by atoms with Gasteiger partial charge < -0.3 is 15.0 Å². The first kappa shape index (κ1) is 29.0. The van der Waals surface area contributed by atoms with Crippen LogP contribution in [0.25, 0.3) is 22.5 Å². The molecule has 0 radical (unpaired) electrons. The molecule has 0 bridgehead atoms. The summed E-state index contributed by atoms with van der Waals surface area (Å²) in [6.45, 7) is 8.50. The summed E-state index contributed by atoms with van der Waals surface area (Å²) < 4.78 is 23.0. The van der Waals surface area contributed by atoms with E-state index in [1.165, 1.54) is 12.1 Å². The van der Waals surface area contributed by atoms with Crippen molar-refractivity contribution >= 4 is 12.0 Å². The Labute approximate surface area is 245 Å². The highest BCUT2D eigenvalue weighted by Gasteiger charge is 2.31. The number of ether oxygens (including phenoxy) is 1. The van der Waals surface area contributed by atoms with E-state index < -0.39 is 5.60 Å². The lowest BCUT2D eigenvalue weighted by atomic mass is 10.0. The molecule has 1 N–H and O–H groups in total. The Morgan fingerprint density at radius 1 is 1.05 bits per heavy atom. The van der Waals surface area contributed by atoms with Gasteiger partial charge in [-0.15, -0.1) is 0 Å². The molecular formula is C32H37FN6O3. The highest BCUT2D eigenvalue weighted by Crippen LogP contribution is 2.33. The molecular weight excluding hydrogens is 535 g/mol. The van der Waals surface area contributed by atoms with Crippen LogP contribution < -0.4 is 10.9 Å². The number of rotatable bonds is 6. The summed E-state index contributed by atoms with van der Waals surface area (Å²) in [5.74, 6) is 0.0503. The van der Waals surface area contributed by atoms with Crippen LogP contribution in [-0.4, -0.2) is 49.0 Å². The van der Waals surface area contributed by atoms with Crippen LogP contribution in [0.5, 0.6) is 0 Å².